The Kier molecular flexibility index (Phi) is 3.91. The number of hydrogen-bond acceptors (Lipinski definition) is 5. The quantitative estimate of drug-likeness (QED) is 0.784. The van der Waals surface area contributed by atoms with E-state index in [4.69, 9.17) is 4.74 Å². The summed E-state index contributed by atoms with van der Waals surface area (Å²) < 4.78 is 7.02. The highest BCUT2D eigenvalue weighted by Gasteiger charge is 2.12. The number of ether oxygens (including phenoxy) is 1. The third kappa shape index (κ3) is 2.59. The molecule has 0 saturated carbocycles. The minimum absolute atomic E-state index is 0.614. The SMILES string of the molecule is CCc1c(C)nc2ncnn2c1NCc1cccc(OC)c1. The summed E-state index contributed by atoms with van der Waals surface area (Å²) in [6, 6.07) is 8.01. The molecule has 1 aromatic carbocycles. The van der Waals surface area contributed by atoms with Crippen LogP contribution < -0.4 is 10.1 Å². The number of aryl methyl sites for hydroxylation is 1. The predicted octanol–water partition coefficient (Wildman–Crippen LogP) is 2.62. The molecule has 0 bridgehead atoms. The maximum absolute atomic E-state index is 5.26. The molecular formula is C16H19N5O. The van der Waals surface area contributed by atoms with Gasteiger partial charge in [0.25, 0.3) is 5.78 Å². The third-order valence-electron chi connectivity index (χ3n) is 3.68. The molecule has 2 aromatic heterocycles. The molecule has 0 radical (unpaired) electrons. The minimum atomic E-state index is 0.614. The van der Waals surface area contributed by atoms with Gasteiger partial charge in [-0.05, 0) is 31.0 Å². The van der Waals surface area contributed by atoms with E-state index in [0.717, 1.165) is 34.8 Å². The fourth-order valence-electron chi connectivity index (χ4n) is 2.56. The van der Waals surface area contributed by atoms with Gasteiger partial charge in [0, 0.05) is 17.8 Å². The summed E-state index contributed by atoms with van der Waals surface area (Å²) in [6.07, 6.45) is 2.41. The molecule has 3 aromatic rings. The molecule has 0 aliphatic rings. The Hall–Kier alpha value is -2.63. The van der Waals surface area contributed by atoms with Crippen molar-refractivity contribution in [2.75, 3.05) is 12.4 Å². The maximum Gasteiger partial charge on any atom is 0.254 e. The largest absolute Gasteiger partial charge is 0.497 e. The zero-order chi connectivity index (χ0) is 15.5. The van der Waals surface area contributed by atoms with Crippen LogP contribution in [0.1, 0.15) is 23.7 Å². The summed E-state index contributed by atoms with van der Waals surface area (Å²) in [5, 5.41) is 7.74. The van der Waals surface area contributed by atoms with Crippen molar-refractivity contribution in [2.45, 2.75) is 26.8 Å². The first-order valence-electron chi connectivity index (χ1n) is 7.29. The van der Waals surface area contributed by atoms with Gasteiger partial charge in [0.05, 0.1) is 7.11 Å². The molecule has 0 amide bonds. The van der Waals surface area contributed by atoms with Crippen molar-refractivity contribution in [1.29, 1.82) is 0 Å². The van der Waals surface area contributed by atoms with Gasteiger partial charge >= 0.3 is 0 Å². The Bertz CT molecular complexity index is 796. The smallest absolute Gasteiger partial charge is 0.254 e. The van der Waals surface area contributed by atoms with Gasteiger partial charge in [0.2, 0.25) is 0 Å². The molecule has 0 aliphatic carbocycles. The molecule has 0 unspecified atom stereocenters. The van der Waals surface area contributed by atoms with Crippen molar-refractivity contribution < 1.29 is 4.74 Å². The fourth-order valence-corrected chi connectivity index (χ4v) is 2.56. The molecule has 0 saturated heterocycles. The van der Waals surface area contributed by atoms with Crippen molar-refractivity contribution in [3.05, 3.63) is 47.4 Å². The van der Waals surface area contributed by atoms with Gasteiger partial charge < -0.3 is 10.1 Å². The lowest BCUT2D eigenvalue weighted by molar-refractivity contribution is 0.414. The molecule has 114 valence electrons. The Morgan fingerprint density at radius 3 is 2.95 bits per heavy atom. The van der Waals surface area contributed by atoms with Crippen molar-refractivity contribution in [2.24, 2.45) is 0 Å². The van der Waals surface area contributed by atoms with Crippen LogP contribution in [0.25, 0.3) is 5.78 Å². The second-order valence-electron chi connectivity index (χ2n) is 5.05. The standard InChI is InChI=1S/C16H19N5O/c1-4-14-11(2)20-16-18-10-19-21(16)15(14)17-9-12-6-5-7-13(8-12)22-3/h5-8,10,17H,4,9H2,1-3H3. The second-order valence-corrected chi connectivity index (χ2v) is 5.05. The van der Waals surface area contributed by atoms with Gasteiger partial charge in [-0.3, -0.25) is 0 Å². The Morgan fingerprint density at radius 1 is 1.32 bits per heavy atom. The molecule has 6 nitrogen and oxygen atoms in total. The average molecular weight is 297 g/mol. The highest BCUT2D eigenvalue weighted by molar-refractivity contribution is 5.53. The van der Waals surface area contributed by atoms with E-state index in [0.29, 0.717) is 12.3 Å². The van der Waals surface area contributed by atoms with Gasteiger partial charge in [-0.25, -0.2) is 4.98 Å². The second kappa shape index (κ2) is 6.01. The topological polar surface area (TPSA) is 64.3 Å². The molecule has 0 atom stereocenters. The summed E-state index contributed by atoms with van der Waals surface area (Å²) in [4.78, 5) is 8.66. The first-order chi connectivity index (χ1) is 10.7. The first-order valence-corrected chi connectivity index (χ1v) is 7.29. The summed E-state index contributed by atoms with van der Waals surface area (Å²) in [7, 11) is 1.67. The Balaban J connectivity index is 1.94. The molecule has 22 heavy (non-hydrogen) atoms. The number of methoxy groups -OCH3 is 1. The lowest BCUT2D eigenvalue weighted by Crippen LogP contribution is -2.11. The molecule has 3 rings (SSSR count). The van der Waals surface area contributed by atoms with Gasteiger partial charge in [0.15, 0.2) is 0 Å². The van der Waals surface area contributed by atoms with E-state index < -0.39 is 0 Å². The zero-order valence-electron chi connectivity index (χ0n) is 13.0. The van der Waals surface area contributed by atoms with Crippen LogP contribution in [0.15, 0.2) is 30.6 Å². The van der Waals surface area contributed by atoms with Crippen molar-refractivity contribution in [1.82, 2.24) is 19.6 Å². The lowest BCUT2D eigenvalue weighted by atomic mass is 10.1. The van der Waals surface area contributed by atoms with Gasteiger partial charge in [0.1, 0.15) is 17.9 Å². The van der Waals surface area contributed by atoms with E-state index in [1.807, 2.05) is 25.1 Å². The van der Waals surface area contributed by atoms with Crippen molar-refractivity contribution >= 4 is 11.6 Å². The fraction of sp³-hybridized carbons (Fsp3) is 0.312. The monoisotopic (exact) mass is 297 g/mol. The van der Waals surface area contributed by atoms with Crippen LogP contribution in [0.2, 0.25) is 0 Å². The van der Waals surface area contributed by atoms with Crippen LogP contribution in [0.5, 0.6) is 5.75 Å². The van der Waals surface area contributed by atoms with Crippen LogP contribution in [0, 0.1) is 6.92 Å². The van der Waals surface area contributed by atoms with Crippen LogP contribution in [-0.2, 0) is 13.0 Å². The van der Waals surface area contributed by atoms with Gasteiger partial charge in [-0.2, -0.15) is 14.6 Å². The third-order valence-corrected chi connectivity index (χ3v) is 3.68. The molecule has 6 heteroatoms. The maximum atomic E-state index is 5.26. The van der Waals surface area contributed by atoms with Crippen molar-refractivity contribution in [3.8, 4) is 5.75 Å². The summed E-state index contributed by atoms with van der Waals surface area (Å²) in [6.45, 7) is 4.80. The molecule has 0 spiro atoms. The Morgan fingerprint density at radius 2 is 2.18 bits per heavy atom. The van der Waals surface area contributed by atoms with Crippen LogP contribution >= 0.6 is 0 Å². The van der Waals surface area contributed by atoms with Gasteiger partial charge in [-0.15, -0.1) is 0 Å². The summed E-state index contributed by atoms with van der Waals surface area (Å²) in [5.41, 5.74) is 3.28. The predicted molar refractivity (Wildman–Crippen MR) is 85.2 cm³/mol. The number of nitrogens with one attached hydrogen (secondary N) is 1. The molecule has 0 aliphatic heterocycles. The van der Waals surface area contributed by atoms with Crippen LogP contribution in [-0.4, -0.2) is 26.7 Å². The number of aromatic nitrogens is 4. The molecule has 1 N–H and O–H groups in total. The number of benzene rings is 1. The van der Waals surface area contributed by atoms with E-state index in [9.17, 15) is 0 Å². The number of nitrogens with zero attached hydrogens (tertiary/aromatic N) is 4. The van der Waals surface area contributed by atoms with E-state index in [1.54, 1.807) is 11.6 Å². The Labute approximate surface area is 129 Å². The first kappa shape index (κ1) is 14.3. The van der Waals surface area contributed by atoms with E-state index in [-0.39, 0.29) is 0 Å². The van der Waals surface area contributed by atoms with E-state index in [2.05, 4.69) is 33.4 Å². The lowest BCUT2D eigenvalue weighted by Gasteiger charge is -2.14. The average Bonchev–Trinajstić information content (AvgIpc) is 3.00. The highest BCUT2D eigenvalue weighted by Crippen LogP contribution is 2.21. The number of rotatable bonds is 5. The summed E-state index contributed by atoms with van der Waals surface area (Å²) >= 11 is 0. The normalized spacial score (nSPS) is 10.9. The van der Waals surface area contributed by atoms with E-state index >= 15 is 0 Å². The van der Waals surface area contributed by atoms with E-state index in [1.165, 1.54) is 6.33 Å². The van der Waals surface area contributed by atoms with Crippen molar-refractivity contribution in [3.63, 3.8) is 0 Å². The van der Waals surface area contributed by atoms with Crippen LogP contribution in [0.4, 0.5) is 5.82 Å². The summed E-state index contributed by atoms with van der Waals surface area (Å²) in [5.74, 6) is 2.42. The molecule has 0 fully saturated rings. The molecule has 2 heterocycles. The highest BCUT2D eigenvalue weighted by atomic mass is 16.5. The molecular weight excluding hydrogens is 278 g/mol. The number of hydrogen-bond donors (Lipinski definition) is 1. The minimum Gasteiger partial charge on any atom is -0.497 e. The van der Waals surface area contributed by atoms with Crippen LogP contribution in [0.3, 0.4) is 0 Å². The van der Waals surface area contributed by atoms with Gasteiger partial charge in [-0.1, -0.05) is 19.1 Å². The zero-order valence-corrected chi connectivity index (χ0v) is 13.0. The number of anilines is 1. The number of fused-ring (bicyclic) bond motifs is 1.